The average Bonchev–Trinajstić information content (AvgIpc) is 2.73. The number of fused-ring (bicyclic) bond motifs is 1. The Morgan fingerprint density at radius 1 is 0.933 bits per heavy atom. The summed E-state index contributed by atoms with van der Waals surface area (Å²) in [5.41, 5.74) is 2.21. The minimum atomic E-state index is -3.93. The topological polar surface area (TPSA) is 70.2 Å². The summed E-state index contributed by atoms with van der Waals surface area (Å²) < 4.78 is 28.2. The zero-order valence-electron chi connectivity index (χ0n) is 16.2. The second-order valence-corrected chi connectivity index (χ2v) is 9.31. The molecule has 5 nitrogen and oxygen atoms in total. The van der Waals surface area contributed by atoms with E-state index in [1.165, 1.54) is 28.6 Å². The molecule has 7 heteroatoms. The lowest BCUT2D eigenvalue weighted by Crippen LogP contribution is -2.33. The third-order valence-corrected chi connectivity index (χ3v) is 6.91. The van der Waals surface area contributed by atoms with Crippen molar-refractivity contribution in [1.29, 1.82) is 0 Å². The number of hydrogen-bond donors (Lipinski definition) is 1. The van der Waals surface area contributed by atoms with Gasteiger partial charge in [0.1, 0.15) is 0 Å². The lowest BCUT2D eigenvalue weighted by atomic mass is 10.1. The number of nitrogens with one attached hydrogen (secondary N) is 1. The van der Waals surface area contributed by atoms with Gasteiger partial charge in [0, 0.05) is 16.1 Å². The number of pyridine rings is 1. The molecule has 152 valence electrons. The van der Waals surface area contributed by atoms with Gasteiger partial charge in [-0.15, -0.1) is 0 Å². The molecule has 1 aromatic heterocycles. The van der Waals surface area contributed by atoms with E-state index < -0.39 is 10.0 Å². The second kappa shape index (κ2) is 7.97. The predicted octanol–water partition coefficient (Wildman–Crippen LogP) is 4.89. The number of nitrogens with zero attached hydrogens (tertiary/aromatic N) is 1. The minimum Gasteiger partial charge on any atom is -0.322 e. The van der Waals surface area contributed by atoms with Gasteiger partial charge in [0.15, 0.2) is 0 Å². The summed E-state index contributed by atoms with van der Waals surface area (Å²) in [7, 11) is -3.93. The van der Waals surface area contributed by atoms with E-state index in [1.807, 2.05) is 43.3 Å². The SMILES string of the molecule is Cc1ccc(N(Cc2cc3ccccc3[nH]c2=O)S(=O)(=O)c2ccc(Cl)cc2)cc1. The van der Waals surface area contributed by atoms with Gasteiger partial charge in [-0.25, -0.2) is 8.42 Å². The van der Waals surface area contributed by atoms with E-state index in [2.05, 4.69) is 4.98 Å². The highest BCUT2D eigenvalue weighted by atomic mass is 35.5. The van der Waals surface area contributed by atoms with Gasteiger partial charge in [0.2, 0.25) is 0 Å². The molecular weight excluding hydrogens is 420 g/mol. The Hall–Kier alpha value is -3.09. The highest BCUT2D eigenvalue weighted by Crippen LogP contribution is 2.27. The number of benzene rings is 3. The molecule has 0 unspecified atom stereocenters. The van der Waals surface area contributed by atoms with Crippen LogP contribution < -0.4 is 9.86 Å². The standard InChI is InChI=1S/C23H19ClN2O3S/c1-16-6-10-20(11-7-16)26(30(28,29)21-12-8-19(24)9-13-21)15-18-14-17-4-2-3-5-22(17)25-23(18)27/h2-14H,15H2,1H3,(H,25,27). The molecule has 0 saturated heterocycles. The van der Waals surface area contributed by atoms with Gasteiger partial charge in [0.25, 0.3) is 15.6 Å². The third kappa shape index (κ3) is 3.97. The molecule has 0 fully saturated rings. The van der Waals surface area contributed by atoms with Crippen molar-refractivity contribution < 1.29 is 8.42 Å². The molecule has 0 bridgehead atoms. The van der Waals surface area contributed by atoms with Crippen LogP contribution in [0, 0.1) is 6.92 Å². The van der Waals surface area contributed by atoms with Gasteiger partial charge in [-0.2, -0.15) is 0 Å². The van der Waals surface area contributed by atoms with Crippen LogP contribution in [0.5, 0.6) is 0 Å². The van der Waals surface area contributed by atoms with Crippen LogP contribution in [-0.4, -0.2) is 13.4 Å². The number of halogens is 1. The Bertz CT molecular complexity index is 1360. The Kier molecular flexibility index (Phi) is 5.37. The molecule has 0 aliphatic rings. The first-order chi connectivity index (χ1) is 14.3. The summed E-state index contributed by atoms with van der Waals surface area (Å²) in [6.45, 7) is 1.82. The van der Waals surface area contributed by atoms with E-state index in [-0.39, 0.29) is 17.0 Å². The molecule has 0 amide bonds. The summed E-state index contributed by atoms with van der Waals surface area (Å²) in [6, 6.07) is 22.2. The maximum Gasteiger partial charge on any atom is 0.264 e. The van der Waals surface area contributed by atoms with Crippen molar-refractivity contribution in [3.63, 3.8) is 0 Å². The predicted molar refractivity (Wildman–Crippen MR) is 121 cm³/mol. The normalized spacial score (nSPS) is 11.5. The zero-order valence-corrected chi connectivity index (χ0v) is 17.7. The molecule has 0 aliphatic carbocycles. The van der Waals surface area contributed by atoms with Gasteiger partial charge < -0.3 is 4.98 Å². The lowest BCUT2D eigenvalue weighted by Gasteiger charge is -2.24. The molecule has 0 aliphatic heterocycles. The third-order valence-electron chi connectivity index (χ3n) is 4.87. The Morgan fingerprint density at radius 3 is 2.30 bits per heavy atom. The van der Waals surface area contributed by atoms with Crippen molar-refractivity contribution in [2.45, 2.75) is 18.4 Å². The monoisotopic (exact) mass is 438 g/mol. The van der Waals surface area contributed by atoms with E-state index in [4.69, 9.17) is 11.6 Å². The fraction of sp³-hybridized carbons (Fsp3) is 0.0870. The van der Waals surface area contributed by atoms with Gasteiger partial charge in [-0.05, 0) is 60.8 Å². The maximum absolute atomic E-state index is 13.5. The molecule has 4 rings (SSSR count). The van der Waals surface area contributed by atoms with Crippen LogP contribution in [-0.2, 0) is 16.6 Å². The van der Waals surface area contributed by atoms with Crippen molar-refractivity contribution in [1.82, 2.24) is 4.98 Å². The van der Waals surface area contributed by atoms with Crippen molar-refractivity contribution in [3.05, 3.63) is 105 Å². The Balaban J connectivity index is 1.84. The van der Waals surface area contributed by atoms with E-state index in [1.54, 1.807) is 18.2 Å². The van der Waals surface area contributed by atoms with Gasteiger partial charge in [-0.3, -0.25) is 9.10 Å². The Morgan fingerprint density at radius 2 is 1.60 bits per heavy atom. The van der Waals surface area contributed by atoms with Crippen LogP contribution in [0.1, 0.15) is 11.1 Å². The van der Waals surface area contributed by atoms with Gasteiger partial charge in [-0.1, -0.05) is 47.5 Å². The Labute approximate surface area is 179 Å². The number of anilines is 1. The van der Waals surface area contributed by atoms with Crippen molar-refractivity contribution in [3.8, 4) is 0 Å². The molecule has 3 aromatic carbocycles. The van der Waals surface area contributed by atoms with Crippen LogP contribution in [0.15, 0.2) is 88.6 Å². The number of rotatable bonds is 5. The molecule has 0 atom stereocenters. The summed E-state index contributed by atoms with van der Waals surface area (Å²) in [6.07, 6.45) is 0. The number of aromatic nitrogens is 1. The molecule has 0 spiro atoms. The van der Waals surface area contributed by atoms with Crippen molar-refractivity contribution in [2.24, 2.45) is 0 Å². The minimum absolute atomic E-state index is 0.102. The summed E-state index contributed by atoms with van der Waals surface area (Å²) in [4.78, 5) is 15.6. The van der Waals surface area contributed by atoms with E-state index in [9.17, 15) is 13.2 Å². The zero-order chi connectivity index (χ0) is 21.3. The molecule has 1 heterocycles. The fourth-order valence-corrected chi connectivity index (χ4v) is 4.79. The number of aromatic amines is 1. The smallest absolute Gasteiger partial charge is 0.264 e. The van der Waals surface area contributed by atoms with Gasteiger partial charge in [0.05, 0.1) is 17.1 Å². The average molecular weight is 439 g/mol. The number of aryl methyl sites for hydroxylation is 1. The first-order valence-corrected chi connectivity index (χ1v) is 11.1. The van der Waals surface area contributed by atoms with Crippen LogP contribution in [0.4, 0.5) is 5.69 Å². The molecule has 0 saturated carbocycles. The summed E-state index contributed by atoms with van der Waals surface area (Å²) >= 11 is 5.93. The van der Waals surface area contributed by atoms with Crippen LogP contribution >= 0.6 is 11.6 Å². The highest BCUT2D eigenvalue weighted by Gasteiger charge is 2.26. The fourth-order valence-electron chi connectivity index (χ4n) is 3.22. The highest BCUT2D eigenvalue weighted by molar-refractivity contribution is 7.92. The molecule has 30 heavy (non-hydrogen) atoms. The van der Waals surface area contributed by atoms with Crippen LogP contribution in [0.2, 0.25) is 5.02 Å². The first-order valence-electron chi connectivity index (χ1n) is 9.30. The van der Waals surface area contributed by atoms with Crippen molar-refractivity contribution >= 4 is 38.2 Å². The molecule has 1 N–H and O–H groups in total. The van der Waals surface area contributed by atoms with E-state index in [0.29, 0.717) is 21.8 Å². The van der Waals surface area contributed by atoms with E-state index >= 15 is 0 Å². The van der Waals surface area contributed by atoms with Crippen LogP contribution in [0.25, 0.3) is 10.9 Å². The number of sulfonamides is 1. The number of para-hydroxylation sites is 1. The lowest BCUT2D eigenvalue weighted by molar-refractivity contribution is 0.590. The maximum atomic E-state index is 13.5. The summed E-state index contributed by atoms with van der Waals surface area (Å²) in [5.74, 6) is 0. The molecule has 0 radical (unpaired) electrons. The van der Waals surface area contributed by atoms with Crippen LogP contribution in [0.3, 0.4) is 0 Å². The largest absolute Gasteiger partial charge is 0.322 e. The number of hydrogen-bond acceptors (Lipinski definition) is 3. The van der Waals surface area contributed by atoms with E-state index in [0.717, 1.165) is 10.9 Å². The van der Waals surface area contributed by atoms with Gasteiger partial charge >= 0.3 is 0 Å². The quantitative estimate of drug-likeness (QED) is 0.482. The number of H-pyrrole nitrogens is 1. The molecular formula is C23H19ClN2O3S. The second-order valence-electron chi connectivity index (χ2n) is 7.01. The molecule has 4 aromatic rings. The summed E-state index contributed by atoms with van der Waals surface area (Å²) in [5, 5.41) is 1.28. The van der Waals surface area contributed by atoms with Crippen molar-refractivity contribution in [2.75, 3.05) is 4.31 Å². The first kappa shape index (κ1) is 20.2.